The number of benzene rings is 2. The molecule has 3 heteroatoms. The first-order chi connectivity index (χ1) is 9.69. The molecule has 0 aliphatic heterocycles. The van der Waals surface area contributed by atoms with Crippen LogP contribution < -0.4 is 14.2 Å². The summed E-state index contributed by atoms with van der Waals surface area (Å²) < 4.78 is 16.6. The molecular weight excluding hydrogens is 252 g/mol. The van der Waals surface area contributed by atoms with E-state index >= 15 is 0 Å². The maximum Gasteiger partial charge on any atom is 0.161 e. The minimum Gasteiger partial charge on any atom is -0.493 e. The highest BCUT2D eigenvalue weighted by Gasteiger charge is 2.04. The summed E-state index contributed by atoms with van der Waals surface area (Å²) in [6.07, 6.45) is 0. The molecule has 0 saturated carbocycles. The van der Waals surface area contributed by atoms with Crippen LogP contribution in [0.3, 0.4) is 0 Å². The lowest BCUT2D eigenvalue weighted by Gasteiger charge is -2.12. The molecule has 0 aliphatic carbocycles. The van der Waals surface area contributed by atoms with E-state index in [0.717, 1.165) is 22.8 Å². The van der Waals surface area contributed by atoms with Crippen LogP contribution in [-0.4, -0.2) is 20.3 Å². The standard InChI is InChI=1S/C17H20O3/c1-13-5-4-6-15(11-13)19-9-10-20-16-8-7-14(2)12-17(16)18-3/h4-8,11-12H,9-10H2,1-3H3. The van der Waals surface area contributed by atoms with Gasteiger partial charge in [0, 0.05) is 0 Å². The number of hydrogen-bond acceptors (Lipinski definition) is 3. The molecule has 0 amide bonds. The minimum atomic E-state index is 0.480. The number of methoxy groups -OCH3 is 1. The molecule has 0 aromatic heterocycles. The Kier molecular flexibility index (Phi) is 4.88. The molecule has 2 aromatic carbocycles. The number of hydrogen-bond donors (Lipinski definition) is 0. The first-order valence-electron chi connectivity index (χ1n) is 6.66. The van der Waals surface area contributed by atoms with Gasteiger partial charge in [-0.1, -0.05) is 18.2 Å². The molecule has 0 fully saturated rings. The first kappa shape index (κ1) is 14.3. The van der Waals surface area contributed by atoms with Crippen LogP contribution >= 0.6 is 0 Å². The van der Waals surface area contributed by atoms with Crippen molar-refractivity contribution in [3.63, 3.8) is 0 Å². The van der Waals surface area contributed by atoms with Gasteiger partial charge >= 0.3 is 0 Å². The zero-order valence-electron chi connectivity index (χ0n) is 12.2. The Morgan fingerprint density at radius 3 is 2.30 bits per heavy atom. The average Bonchev–Trinajstić information content (AvgIpc) is 2.45. The fraction of sp³-hybridized carbons (Fsp3) is 0.294. The fourth-order valence-corrected chi connectivity index (χ4v) is 1.91. The van der Waals surface area contributed by atoms with Crippen LogP contribution in [0.15, 0.2) is 42.5 Å². The van der Waals surface area contributed by atoms with E-state index in [1.54, 1.807) is 7.11 Å². The van der Waals surface area contributed by atoms with Crippen molar-refractivity contribution in [2.75, 3.05) is 20.3 Å². The highest BCUT2D eigenvalue weighted by molar-refractivity contribution is 5.42. The molecule has 20 heavy (non-hydrogen) atoms. The lowest BCUT2D eigenvalue weighted by atomic mass is 10.2. The van der Waals surface area contributed by atoms with Gasteiger partial charge in [0.15, 0.2) is 11.5 Å². The Balaban J connectivity index is 1.84. The quantitative estimate of drug-likeness (QED) is 0.749. The third-order valence-corrected chi connectivity index (χ3v) is 2.92. The fourth-order valence-electron chi connectivity index (χ4n) is 1.91. The zero-order chi connectivity index (χ0) is 14.4. The van der Waals surface area contributed by atoms with E-state index in [2.05, 4.69) is 0 Å². The van der Waals surface area contributed by atoms with Gasteiger partial charge < -0.3 is 14.2 Å². The molecule has 2 rings (SSSR count). The molecule has 0 bridgehead atoms. The van der Waals surface area contributed by atoms with E-state index in [0.29, 0.717) is 13.2 Å². The maximum atomic E-state index is 5.68. The van der Waals surface area contributed by atoms with E-state index < -0.39 is 0 Å². The largest absolute Gasteiger partial charge is 0.493 e. The van der Waals surface area contributed by atoms with Crippen LogP contribution in [0.1, 0.15) is 11.1 Å². The monoisotopic (exact) mass is 272 g/mol. The van der Waals surface area contributed by atoms with Gasteiger partial charge in [-0.15, -0.1) is 0 Å². The van der Waals surface area contributed by atoms with Crippen molar-refractivity contribution in [2.45, 2.75) is 13.8 Å². The summed E-state index contributed by atoms with van der Waals surface area (Å²) in [4.78, 5) is 0. The zero-order valence-corrected chi connectivity index (χ0v) is 12.2. The molecule has 0 N–H and O–H groups in total. The summed E-state index contributed by atoms with van der Waals surface area (Å²) >= 11 is 0. The average molecular weight is 272 g/mol. The third kappa shape index (κ3) is 3.92. The van der Waals surface area contributed by atoms with E-state index in [1.165, 1.54) is 5.56 Å². The van der Waals surface area contributed by atoms with Crippen LogP contribution in [-0.2, 0) is 0 Å². The lowest BCUT2D eigenvalue weighted by molar-refractivity contribution is 0.211. The van der Waals surface area contributed by atoms with Gasteiger partial charge in [-0.2, -0.15) is 0 Å². The number of ether oxygens (including phenoxy) is 3. The summed E-state index contributed by atoms with van der Waals surface area (Å²) in [5.41, 5.74) is 2.33. The summed E-state index contributed by atoms with van der Waals surface area (Å²) in [5, 5.41) is 0. The lowest BCUT2D eigenvalue weighted by Crippen LogP contribution is -2.09. The second kappa shape index (κ2) is 6.85. The Bertz CT molecular complexity index is 564. The van der Waals surface area contributed by atoms with Gasteiger partial charge in [-0.25, -0.2) is 0 Å². The first-order valence-corrected chi connectivity index (χ1v) is 6.66. The van der Waals surface area contributed by atoms with Crippen molar-refractivity contribution in [3.8, 4) is 17.2 Å². The second-order valence-electron chi connectivity index (χ2n) is 4.67. The SMILES string of the molecule is COc1cc(C)ccc1OCCOc1cccc(C)c1. The Labute approximate surface area is 120 Å². The molecule has 106 valence electrons. The van der Waals surface area contributed by atoms with Crippen LogP contribution in [0.4, 0.5) is 0 Å². The van der Waals surface area contributed by atoms with Crippen LogP contribution in [0, 0.1) is 13.8 Å². The molecule has 3 nitrogen and oxygen atoms in total. The molecular formula is C17H20O3. The molecule has 0 saturated heterocycles. The maximum absolute atomic E-state index is 5.68. The summed E-state index contributed by atoms with van der Waals surface area (Å²) in [6, 6.07) is 13.8. The predicted octanol–water partition coefficient (Wildman–Crippen LogP) is 3.77. The van der Waals surface area contributed by atoms with Gasteiger partial charge in [0.25, 0.3) is 0 Å². The summed E-state index contributed by atoms with van der Waals surface area (Å²) in [5.74, 6) is 2.36. The predicted molar refractivity (Wildman–Crippen MR) is 79.9 cm³/mol. The van der Waals surface area contributed by atoms with Crippen molar-refractivity contribution in [1.82, 2.24) is 0 Å². The summed E-state index contributed by atoms with van der Waals surface area (Å²) in [7, 11) is 1.64. The van der Waals surface area contributed by atoms with Gasteiger partial charge in [0.05, 0.1) is 7.11 Å². The van der Waals surface area contributed by atoms with Crippen molar-refractivity contribution in [2.24, 2.45) is 0 Å². The molecule has 2 aromatic rings. The highest BCUT2D eigenvalue weighted by atomic mass is 16.5. The normalized spacial score (nSPS) is 10.2. The van der Waals surface area contributed by atoms with E-state index in [-0.39, 0.29) is 0 Å². The van der Waals surface area contributed by atoms with Crippen LogP contribution in [0.5, 0.6) is 17.2 Å². The van der Waals surface area contributed by atoms with Crippen molar-refractivity contribution < 1.29 is 14.2 Å². The Morgan fingerprint density at radius 1 is 0.800 bits per heavy atom. The Morgan fingerprint density at radius 2 is 1.55 bits per heavy atom. The van der Waals surface area contributed by atoms with E-state index in [9.17, 15) is 0 Å². The second-order valence-corrected chi connectivity index (χ2v) is 4.67. The minimum absolute atomic E-state index is 0.480. The number of rotatable bonds is 6. The van der Waals surface area contributed by atoms with Gasteiger partial charge in [-0.05, 0) is 49.2 Å². The molecule has 0 unspecified atom stereocenters. The van der Waals surface area contributed by atoms with Crippen LogP contribution in [0.2, 0.25) is 0 Å². The van der Waals surface area contributed by atoms with Gasteiger partial charge in [-0.3, -0.25) is 0 Å². The molecule has 0 radical (unpaired) electrons. The van der Waals surface area contributed by atoms with Crippen molar-refractivity contribution in [1.29, 1.82) is 0 Å². The van der Waals surface area contributed by atoms with E-state index in [4.69, 9.17) is 14.2 Å². The van der Waals surface area contributed by atoms with Gasteiger partial charge in [0.1, 0.15) is 19.0 Å². The summed E-state index contributed by atoms with van der Waals surface area (Å²) in [6.45, 7) is 5.04. The molecule has 0 atom stereocenters. The van der Waals surface area contributed by atoms with Crippen molar-refractivity contribution in [3.05, 3.63) is 53.6 Å². The van der Waals surface area contributed by atoms with E-state index in [1.807, 2.05) is 56.3 Å². The Hall–Kier alpha value is -2.16. The third-order valence-electron chi connectivity index (χ3n) is 2.92. The smallest absolute Gasteiger partial charge is 0.161 e. The molecule has 0 heterocycles. The highest BCUT2D eigenvalue weighted by Crippen LogP contribution is 2.27. The molecule has 0 spiro atoms. The van der Waals surface area contributed by atoms with Gasteiger partial charge in [0.2, 0.25) is 0 Å². The van der Waals surface area contributed by atoms with Crippen LogP contribution in [0.25, 0.3) is 0 Å². The number of aryl methyl sites for hydroxylation is 2. The molecule has 0 aliphatic rings. The topological polar surface area (TPSA) is 27.7 Å². The van der Waals surface area contributed by atoms with Crippen molar-refractivity contribution >= 4 is 0 Å².